The first-order valence-electron chi connectivity index (χ1n) is 10.2. The van der Waals surface area contributed by atoms with Crippen molar-refractivity contribution in [2.24, 2.45) is 0 Å². The molecule has 160 valence electrons. The summed E-state index contributed by atoms with van der Waals surface area (Å²) in [5, 5.41) is 12.2. The molecule has 1 fully saturated rings. The molecule has 0 bridgehead atoms. The van der Waals surface area contributed by atoms with Gasteiger partial charge < -0.3 is 15.0 Å². The monoisotopic (exact) mass is 443 g/mol. The van der Waals surface area contributed by atoms with Gasteiger partial charge in [-0.2, -0.15) is 5.26 Å². The number of rotatable bonds is 5. The first-order chi connectivity index (χ1) is 15.7. The van der Waals surface area contributed by atoms with Crippen LogP contribution in [0.15, 0.2) is 82.6 Å². The van der Waals surface area contributed by atoms with Crippen molar-refractivity contribution in [2.45, 2.75) is 9.79 Å². The van der Waals surface area contributed by atoms with Crippen LogP contribution in [0, 0.1) is 11.3 Å². The van der Waals surface area contributed by atoms with Crippen LogP contribution in [-0.2, 0) is 4.74 Å². The molecule has 1 heterocycles. The average Bonchev–Trinajstić information content (AvgIpc) is 2.85. The molecule has 3 aromatic rings. The van der Waals surface area contributed by atoms with Crippen LogP contribution in [0.2, 0.25) is 0 Å². The van der Waals surface area contributed by atoms with E-state index >= 15 is 0 Å². The van der Waals surface area contributed by atoms with Crippen molar-refractivity contribution in [3.05, 3.63) is 89.5 Å². The van der Waals surface area contributed by atoms with Gasteiger partial charge in [-0.25, -0.2) is 0 Å². The molecule has 1 aliphatic heterocycles. The molecule has 4 rings (SSSR count). The van der Waals surface area contributed by atoms with Crippen LogP contribution in [-0.4, -0.2) is 43.0 Å². The third-order valence-electron chi connectivity index (χ3n) is 5.05. The highest BCUT2D eigenvalue weighted by Crippen LogP contribution is 2.33. The van der Waals surface area contributed by atoms with Crippen molar-refractivity contribution in [1.29, 1.82) is 5.26 Å². The van der Waals surface area contributed by atoms with Crippen molar-refractivity contribution in [1.82, 2.24) is 4.90 Å². The van der Waals surface area contributed by atoms with Gasteiger partial charge >= 0.3 is 0 Å². The van der Waals surface area contributed by atoms with Gasteiger partial charge in [0.2, 0.25) is 0 Å². The fourth-order valence-electron chi connectivity index (χ4n) is 3.35. The van der Waals surface area contributed by atoms with E-state index in [0.29, 0.717) is 48.7 Å². The summed E-state index contributed by atoms with van der Waals surface area (Å²) in [4.78, 5) is 28.9. The van der Waals surface area contributed by atoms with Gasteiger partial charge in [-0.3, -0.25) is 9.59 Å². The summed E-state index contributed by atoms with van der Waals surface area (Å²) in [5.74, 6) is -0.293. The molecule has 1 saturated heterocycles. The van der Waals surface area contributed by atoms with E-state index < -0.39 is 0 Å². The summed E-state index contributed by atoms with van der Waals surface area (Å²) >= 11 is 1.38. The van der Waals surface area contributed by atoms with Gasteiger partial charge in [0.25, 0.3) is 11.8 Å². The Labute approximate surface area is 190 Å². The lowest BCUT2D eigenvalue weighted by Gasteiger charge is -2.26. The molecule has 1 aliphatic rings. The number of carbonyl (C=O) groups is 2. The van der Waals surface area contributed by atoms with Crippen molar-refractivity contribution >= 4 is 29.3 Å². The van der Waals surface area contributed by atoms with Gasteiger partial charge in [0.05, 0.1) is 24.3 Å². The number of hydrogen-bond donors (Lipinski definition) is 1. The van der Waals surface area contributed by atoms with Gasteiger partial charge in [0.15, 0.2) is 0 Å². The van der Waals surface area contributed by atoms with E-state index in [1.165, 1.54) is 11.8 Å². The molecule has 32 heavy (non-hydrogen) atoms. The molecule has 1 N–H and O–H groups in total. The van der Waals surface area contributed by atoms with E-state index in [9.17, 15) is 14.9 Å². The average molecular weight is 444 g/mol. The maximum absolute atomic E-state index is 13.0. The second kappa shape index (κ2) is 10.1. The molecule has 0 saturated carbocycles. The standard InChI is InChI=1S/C25H21N3O3S/c26-17-19-5-1-3-7-22(19)32-23-8-4-2-6-21(23)24(29)27-20-11-9-18(10-12-20)25(30)28-13-15-31-16-14-28/h1-12H,13-16H2,(H,27,29). The second-order valence-electron chi connectivity index (χ2n) is 7.14. The van der Waals surface area contributed by atoms with Crippen LogP contribution in [0.3, 0.4) is 0 Å². The van der Waals surface area contributed by atoms with Gasteiger partial charge in [-0.05, 0) is 48.5 Å². The molecule has 0 atom stereocenters. The molecule has 3 aromatic carbocycles. The number of nitrogens with zero attached hydrogens (tertiary/aromatic N) is 2. The largest absolute Gasteiger partial charge is 0.378 e. The predicted octanol–water partition coefficient (Wildman–Crippen LogP) is 4.43. The fourth-order valence-corrected chi connectivity index (χ4v) is 4.38. The molecule has 6 nitrogen and oxygen atoms in total. The molecular weight excluding hydrogens is 422 g/mol. The molecule has 0 unspecified atom stereocenters. The Balaban J connectivity index is 1.47. The number of hydrogen-bond acceptors (Lipinski definition) is 5. The van der Waals surface area contributed by atoms with Crippen LogP contribution in [0.4, 0.5) is 5.69 Å². The predicted molar refractivity (Wildman–Crippen MR) is 123 cm³/mol. The lowest BCUT2D eigenvalue weighted by atomic mass is 10.1. The Morgan fingerprint density at radius 3 is 2.28 bits per heavy atom. The minimum absolute atomic E-state index is 0.0379. The quantitative estimate of drug-likeness (QED) is 0.631. The SMILES string of the molecule is N#Cc1ccccc1Sc1ccccc1C(=O)Nc1ccc(C(=O)N2CCOCC2)cc1. The molecule has 0 aliphatic carbocycles. The lowest BCUT2D eigenvalue weighted by molar-refractivity contribution is 0.0303. The van der Waals surface area contributed by atoms with Crippen molar-refractivity contribution in [3.8, 4) is 6.07 Å². The van der Waals surface area contributed by atoms with E-state index in [1.54, 1.807) is 47.4 Å². The van der Waals surface area contributed by atoms with Crippen LogP contribution < -0.4 is 5.32 Å². The van der Waals surface area contributed by atoms with Gasteiger partial charge in [0.1, 0.15) is 6.07 Å². The number of nitrogens with one attached hydrogen (secondary N) is 1. The van der Waals surface area contributed by atoms with Gasteiger partial charge in [-0.15, -0.1) is 0 Å². The molecule has 0 spiro atoms. The maximum atomic E-state index is 13.0. The topological polar surface area (TPSA) is 82.4 Å². The van der Waals surface area contributed by atoms with E-state index in [4.69, 9.17) is 4.74 Å². The molecule has 2 amide bonds. The number of ether oxygens (including phenoxy) is 1. The number of amides is 2. The number of nitriles is 1. The van der Waals surface area contributed by atoms with Crippen LogP contribution in [0.5, 0.6) is 0 Å². The number of benzene rings is 3. The van der Waals surface area contributed by atoms with Gasteiger partial charge in [0, 0.05) is 34.1 Å². The molecule has 0 radical (unpaired) electrons. The number of carbonyl (C=O) groups excluding carboxylic acids is 2. The van der Waals surface area contributed by atoms with Crippen LogP contribution >= 0.6 is 11.8 Å². The molecular formula is C25H21N3O3S. The Morgan fingerprint density at radius 2 is 1.56 bits per heavy atom. The summed E-state index contributed by atoms with van der Waals surface area (Å²) in [6, 6.07) is 23.7. The summed E-state index contributed by atoms with van der Waals surface area (Å²) in [6.45, 7) is 2.27. The van der Waals surface area contributed by atoms with Crippen LogP contribution in [0.1, 0.15) is 26.3 Å². The Morgan fingerprint density at radius 1 is 0.906 bits per heavy atom. The first kappa shape index (κ1) is 21.6. The van der Waals surface area contributed by atoms with E-state index in [-0.39, 0.29) is 11.8 Å². The van der Waals surface area contributed by atoms with E-state index in [2.05, 4.69) is 11.4 Å². The van der Waals surface area contributed by atoms with Crippen molar-refractivity contribution < 1.29 is 14.3 Å². The minimum atomic E-state index is -0.255. The third kappa shape index (κ3) is 4.99. The van der Waals surface area contributed by atoms with E-state index in [0.717, 1.165) is 9.79 Å². The summed E-state index contributed by atoms with van der Waals surface area (Å²) in [6.07, 6.45) is 0. The second-order valence-corrected chi connectivity index (χ2v) is 8.23. The molecule has 7 heteroatoms. The van der Waals surface area contributed by atoms with E-state index in [1.807, 2.05) is 30.3 Å². The minimum Gasteiger partial charge on any atom is -0.378 e. The Kier molecular flexibility index (Phi) is 6.85. The maximum Gasteiger partial charge on any atom is 0.256 e. The highest BCUT2D eigenvalue weighted by atomic mass is 32.2. The van der Waals surface area contributed by atoms with Crippen LogP contribution in [0.25, 0.3) is 0 Å². The highest BCUT2D eigenvalue weighted by Gasteiger charge is 2.19. The summed E-state index contributed by atoms with van der Waals surface area (Å²) in [5.41, 5.74) is 2.26. The summed E-state index contributed by atoms with van der Waals surface area (Å²) < 4.78 is 5.29. The zero-order chi connectivity index (χ0) is 22.3. The number of morpholine rings is 1. The zero-order valence-electron chi connectivity index (χ0n) is 17.3. The van der Waals surface area contributed by atoms with Crippen molar-refractivity contribution in [2.75, 3.05) is 31.6 Å². The normalized spacial score (nSPS) is 13.3. The first-order valence-corrected chi connectivity index (χ1v) is 11.0. The third-order valence-corrected chi connectivity index (χ3v) is 6.20. The highest BCUT2D eigenvalue weighted by molar-refractivity contribution is 7.99. The van der Waals surface area contributed by atoms with Crippen molar-refractivity contribution in [3.63, 3.8) is 0 Å². The fraction of sp³-hybridized carbons (Fsp3) is 0.160. The summed E-state index contributed by atoms with van der Waals surface area (Å²) in [7, 11) is 0. The van der Waals surface area contributed by atoms with Gasteiger partial charge in [-0.1, -0.05) is 36.0 Å². The lowest BCUT2D eigenvalue weighted by Crippen LogP contribution is -2.40. The zero-order valence-corrected chi connectivity index (χ0v) is 18.1. The number of anilines is 1. The smallest absolute Gasteiger partial charge is 0.256 e. The Bertz CT molecular complexity index is 1170. The Hall–Kier alpha value is -3.60. The molecule has 0 aromatic heterocycles.